The van der Waals surface area contributed by atoms with Gasteiger partial charge in [-0.2, -0.15) is 0 Å². The number of pyridine rings is 1. The molecular formula is C12H18ClN3O. The van der Waals surface area contributed by atoms with Gasteiger partial charge in [0.25, 0.3) is 5.91 Å². The van der Waals surface area contributed by atoms with Crippen LogP contribution in [0.5, 0.6) is 0 Å². The van der Waals surface area contributed by atoms with Crippen molar-refractivity contribution >= 4 is 18.3 Å². The number of carbonyl (C=O) groups excluding carboxylic acids is 1. The van der Waals surface area contributed by atoms with E-state index < -0.39 is 0 Å². The number of nitrogens with zero attached hydrogens (tertiary/aromatic N) is 2. The van der Waals surface area contributed by atoms with Gasteiger partial charge in [0.15, 0.2) is 0 Å². The van der Waals surface area contributed by atoms with Crippen molar-refractivity contribution in [2.75, 3.05) is 26.2 Å². The van der Waals surface area contributed by atoms with Gasteiger partial charge in [0.1, 0.15) is 5.69 Å². The van der Waals surface area contributed by atoms with Gasteiger partial charge in [-0.15, -0.1) is 12.4 Å². The van der Waals surface area contributed by atoms with Crippen molar-refractivity contribution in [2.24, 2.45) is 0 Å². The third-order valence-electron chi connectivity index (χ3n) is 2.88. The third-order valence-corrected chi connectivity index (χ3v) is 2.88. The Kier molecular flexibility index (Phi) is 5.38. The Balaban J connectivity index is 0.00000144. The number of aromatic nitrogens is 1. The Hall–Kier alpha value is -1.13. The highest BCUT2D eigenvalue weighted by Crippen LogP contribution is 2.10. The highest BCUT2D eigenvalue weighted by molar-refractivity contribution is 5.93. The monoisotopic (exact) mass is 255 g/mol. The molecule has 5 heteroatoms. The molecule has 0 unspecified atom stereocenters. The zero-order valence-corrected chi connectivity index (χ0v) is 10.8. The molecule has 0 radical (unpaired) electrons. The Labute approximate surface area is 108 Å². The van der Waals surface area contributed by atoms with E-state index in [-0.39, 0.29) is 18.3 Å². The summed E-state index contributed by atoms with van der Waals surface area (Å²) in [6, 6.07) is 3.86. The molecule has 0 atom stereocenters. The molecule has 1 aromatic rings. The van der Waals surface area contributed by atoms with Crippen molar-refractivity contribution in [2.45, 2.75) is 13.3 Å². The molecular weight excluding hydrogens is 238 g/mol. The van der Waals surface area contributed by atoms with Gasteiger partial charge in [-0.25, -0.2) is 0 Å². The Morgan fingerprint density at radius 3 is 2.82 bits per heavy atom. The number of hydrogen-bond donors (Lipinski definition) is 1. The minimum atomic E-state index is 0. The summed E-state index contributed by atoms with van der Waals surface area (Å²) in [7, 11) is 0. The first-order valence-electron chi connectivity index (χ1n) is 5.77. The van der Waals surface area contributed by atoms with Crippen molar-refractivity contribution < 1.29 is 4.79 Å². The minimum Gasteiger partial charge on any atom is -0.335 e. The second-order valence-corrected chi connectivity index (χ2v) is 3.91. The predicted molar refractivity (Wildman–Crippen MR) is 69.6 cm³/mol. The summed E-state index contributed by atoms with van der Waals surface area (Å²) in [5, 5.41) is 3.24. The van der Waals surface area contributed by atoms with E-state index in [0.29, 0.717) is 5.69 Å². The maximum Gasteiger partial charge on any atom is 0.272 e. The number of rotatable bonds is 2. The summed E-state index contributed by atoms with van der Waals surface area (Å²) in [6.07, 6.45) is 2.54. The van der Waals surface area contributed by atoms with Gasteiger partial charge < -0.3 is 10.2 Å². The standard InChI is InChI=1S/C12H17N3O.ClH/c1-2-10-4-3-5-14-11(10)12(16)15-8-6-13-7-9-15;/h3-5,13H,2,6-9H2,1H3;1H. The highest BCUT2D eigenvalue weighted by Gasteiger charge is 2.20. The number of piperazine rings is 1. The normalized spacial score (nSPS) is 15.2. The molecule has 1 aliphatic rings. The van der Waals surface area contributed by atoms with Gasteiger partial charge in [0, 0.05) is 32.4 Å². The molecule has 0 aliphatic carbocycles. The number of hydrogen-bond acceptors (Lipinski definition) is 3. The molecule has 1 amide bonds. The van der Waals surface area contributed by atoms with Crippen molar-refractivity contribution in [3.8, 4) is 0 Å². The summed E-state index contributed by atoms with van der Waals surface area (Å²) in [4.78, 5) is 18.3. The van der Waals surface area contributed by atoms with Gasteiger partial charge in [0.05, 0.1) is 0 Å². The van der Waals surface area contributed by atoms with Crippen LogP contribution >= 0.6 is 12.4 Å². The topological polar surface area (TPSA) is 45.2 Å². The van der Waals surface area contributed by atoms with Crippen LogP contribution in [0.25, 0.3) is 0 Å². The van der Waals surface area contributed by atoms with Crippen molar-refractivity contribution in [3.05, 3.63) is 29.6 Å². The maximum absolute atomic E-state index is 12.2. The average molecular weight is 256 g/mol. The van der Waals surface area contributed by atoms with Crippen LogP contribution in [0.3, 0.4) is 0 Å². The lowest BCUT2D eigenvalue weighted by atomic mass is 10.1. The van der Waals surface area contributed by atoms with E-state index in [4.69, 9.17) is 0 Å². The van der Waals surface area contributed by atoms with E-state index in [1.807, 2.05) is 24.0 Å². The second kappa shape index (κ2) is 6.57. The van der Waals surface area contributed by atoms with Crippen LogP contribution in [0.1, 0.15) is 23.0 Å². The SMILES string of the molecule is CCc1cccnc1C(=O)N1CCNCC1.Cl. The van der Waals surface area contributed by atoms with Gasteiger partial charge in [-0.1, -0.05) is 13.0 Å². The minimum absolute atomic E-state index is 0. The molecule has 0 spiro atoms. The van der Waals surface area contributed by atoms with Crippen LogP contribution in [0, 0.1) is 0 Å². The zero-order chi connectivity index (χ0) is 11.4. The van der Waals surface area contributed by atoms with E-state index in [2.05, 4.69) is 10.3 Å². The first kappa shape index (κ1) is 13.9. The molecule has 94 valence electrons. The number of nitrogens with one attached hydrogen (secondary N) is 1. The lowest BCUT2D eigenvalue weighted by molar-refractivity contribution is 0.0728. The number of aryl methyl sites for hydroxylation is 1. The molecule has 1 saturated heterocycles. The third kappa shape index (κ3) is 3.17. The number of carbonyl (C=O) groups is 1. The number of halogens is 1. The molecule has 4 nitrogen and oxygen atoms in total. The average Bonchev–Trinajstić information content (AvgIpc) is 2.39. The van der Waals surface area contributed by atoms with Crippen LogP contribution in [0.15, 0.2) is 18.3 Å². The summed E-state index contributed by atoms with van der Waals surface area (Å²) in [5.41, 5.74) is 1.65. The molecule has 0 bridgehead atoms. The van der Waals surface area contributed by atoms with Crippen LogP contribution in [0.4, 0.5) is 0 Å². The molecule has 1 aliphatic heterocycles. The molecule has 2 heterocycles. The van der Waals surface area contributed by atoms with Gasteiger partial charge in [-0.05, 0) is 18.1 Å². The first-order chi connectivity index (χ1) is 7.83. The lowest BCUT2D eigenvalue weighted by Gasteiger charge is -2.27. The van der Waals surface area contributed by atoms with Crippen molar-refractivity contribution in [1.82, 2.24) is 15.2 Å². The molecule has 17 heavy (non-hydrogen) atoms. The Morgan fingerprint density at radius 1 is 1.47 bits per heavy atom. The largest absolute Gasteiger partial charge is 0.335 e. The Bertz CT molecular complexity index is 378. The first-order valence-corrected chi connectivity index (χ1v) is 5.77. The molecule has 0 aromatic carbocycles. The van der Waals surface area contributed by atoms with Gasteiger partial charge >= 0.3 is 0 Å². The molecule has 1 N–H and O–H groups in total. The van der Waals surface area contributed by atoms with Crippen molar-refractivity contribution in [1.29, 1.82) is 0 Å². The summed E-state index contributed by atoms with van der Waals surface area (Å²) in [5.74, 6) is 0.0685. The van der Waals surface area contributed by atoms with Crippen LogP contribution in [-0.4, -0.2) is 42.0 Å². The fraction of sp³-hybridized carbons (Fsp3) is 0.500. The summed E-state index contributed by atoms with van der Waals surface area (Å²) in [6.45, 7) is 5.35. The van der Waals surface area contributed by atoms with Gasteiger partial charge in [-0.3, -0.25) is 9.78 Å². The smallest absolute Gasteiger partial charge is 0.272 e. The predicted octanol–water partition coefficient (Wildman–Crippen LogP) is 1.11. The second-order valence-electron chi connectivity index (χ2n) is 3.91. The zero-order valence-electron chi connectivity index (χ0n) is 9.98. The molecule has 1 aromatic heterocycles. The maximum atomic E-state index is 12.2. The summed E-state index contributed by atoms with van der Waals surface area (Å²) >= 11 is 0. The van der Waals surface area contributed by atoms with Crippen LogP contribution in [0.2, 0.25) is 0 Å². The molecule has 0 saturated carbocycles. The van der Waals surface area contributed by atoms with Crippen LogP contribution < -0.4 is 5.32 Å². The quantitative estimate of drug-likeness (QED) is 0.861. The fourth-order valence-corrected chi connectivity index (χ4v) is 1.93. The van der Waals surface area contributed by atoms with Gasteiger partial charge in [0.2, 0.25) is 0 Å². The number of amides is 1. The molecule has 2 rings (SSSR count). The highest BCUT2D eigenvalue weighted by atomic mass is 35.5. The van der Waals surface area contributed by atoms with E-state index in [9.17, 15) is 4.79 Å². The van der Waals surface area contributed by atoms with E-state index in [0.717, 1.165) is 38.2 Å². The fourth-order valence-electron chi connectivity index (χ4n) is 1.93. The van der Waals surface area contributed by atoms with Crippen LogP contribution in [-0.2, 0) is 6.42 Å². The molecule has 1 fully saturated rings. The van der Waals surface area contributed by atoms with Crippen molar-refractivity contribution in [3.63, 3.8) is 0 Å². The lowest BCUT2D eigenvalue weighted by Crippen LogP contribution is -2.46. The van der Waals surface area contributed by atoms with E-state index in [1.54, 1.807) is 6.20 Å². The summed E-state index contributed by atoms with van der Waals surface area (Å²) < 4.78 is 0. The Morgan fingerprint density at radius 2 is 2.18 bits per heavy atom. The van der Waals surface area contributed by atoms with E-state index in [1.165, 1.54) is 0 Å². The van der Waals surface area contributed by atoms with E-state index >= 15 is 0 Å².